The maximum Gasteiger partial charge on any atom is 0.264 e. The summed E-state index contributed by atoms with van der Waals surface area (Å²) >= 11 is 1.61. The minimum absolute atomic E-state index is 0.197. The van der Waals surface area contributed by atoms with Crippen LogP contribution in [-0.2, 0) is 4.74 Å². The normalized spacial score (nSPS) is 22.8. The van der Waals surface area contributed by atoms with Gasteiger partial charge in [0.2, 0.25) is 0 Å². The van der Waals surface area contributed by atoms with Crippen molar-refractivity contribution in [3.63, 3.8) is 0 Å². The van der Waals surface area contributed by atoms with Gasteiger partial charge in [0, 0.05) is 11.3 Å². The van der Waals surface area contributed by atoms with Gasteiger partial charge in [-0.05, 0) is 30.4 Å². The molecule has 0 spiro atoms. The molecule has 122 valence electrons. The molecule has 1 amide bonds. The Labute approximate surface area is 140 Å². The number of thiophene rings is 1. The van der Waals surface area contributed by atoms with E-state index >= 15 is 0 Å². The lowest BCUT2D eigenvalue weighted by Gasteiger charge is -2.33. The predicted octanol–water partition coefficient (Wildman–Crippen LogP) is 1.42. The van der Waals surface area contributed by atoms with Gasteiger partial charge in [-0.25, -0.2) is 0 Å². The molecule has 1 aromatic carbocycles. The van der Waals surface area contributed by atoms with Gasteiger partial charge in [-0.3, -0.25) is 4.79 Å². The van der Waals surface area contributed by atoms with Crippen LogP contribution in [0.2, 0.25) is 0 Å². The number of amides is 1. The number of nitrogens with one attached hydrogen (secondary N) is 1. The molecule has 2 aliphatic rings. The lowest BCUT2D eigenvalue weighted by Crippen LogP contribution is -3.15. The van der Waals surface area contributed by atoms with E-state index < -0.39 is 0 Å². The SMILES string of the molecule is O=C(c1cc2ccccc2s1)N1CC[NH+](C[C@H]2CCCO2)CC1. The standard InChI is InChI=1S/C18H22N2O2S/c21-18(17-12-14-4-1-2-6-16(14)23-17)20-9-7-19(8-10-20)13-15-5-3-11-22-15/h1-2,4,6,12,15H,3,5,7-11,13H2/p+1/t15-/m1/s1. The molecule has 0 aliphatic carbocycles. The Hall–Kier alpha value is -1.43. The van der Waals surface area contributed by atoms with Gasteiger partial charge in [0.15, 0.2) is 0 Å². The van der Waals surface area contributed by atoms with Gasteiger partial charge in [0.1, 0.15) is 12.6 Å². The number of hydrogen-bond acceptors (Lipinski definition) is 3. The van der Waals surface area contributed by atoms with E-state index in [0.717, 1.165) is 44.2 Å². The van der Waals surface area contributed by atoms with E-state index in [1.807, 2.05) is 23.1 Å². The lowest BCUT2D eigenvalue weighted by atomic mass is 10.2. The van der Waals surface area contributed by atoms with Crippen molar-refractivity contribution in [3.8, 4) is 0 Å². The summed E-state index contributed by atoms with van der Waals surface area (Å²) in [6.07, 6.45) is 2.84. The molecule has 1 atom stereocenters. The first kappa shape index (κ1) is 15.1. The Morgan fingerprint density at radius 3 is 2.87 bits per heavy atom. The van der Waals surface area contributed by atoms with E-state index in [1.165, 1.54) is 22.9 Å². The number of hydrogen-bond donors (Lipinski definition) is 1. The number of benzene rings is 1. The Bertz CT molecular complexity index is 652. The van der Waals surface area contributed by atoms with E-state index in [-0.39, 0.29) is 5.91 Å². The van der Waals surface area contributed by atoms with Crippen LogP contribution in [0.1, 0.15) is 22.5 Å². The summed E-state index contributed by atoms with van der Waals surface area (Å²) in [7, 11) is 0. The van der Waals surface area contributed by atoms with Crippen molar-refractivity contribution in [1.82, 2.24) is 4.90 Å². The maximum absolute atomic E-state index is 12.7. The summed E-state index contributed by atoms with van der Waals surface area (Å²) in [5.74, 6) is 0.197. The molecule has 5 heteroatoms. The molecule has 4 rings (SSSR count). The number of nitrogens with zero attached hydrogens (tertiary/aromatic N) is 1. The fourth-order valence-corrected chi connectivity index (χ4v) is 4.63. The van der Waals surface area contributed by atoms with Crippen LogP contribution in [-0.4, -0.2) is 56.2 Å². The van der Waals surface area contributed by atoms with Crippen molar-refractivity contribution in [3.05, 3.63) is 35.2 Å². The zero-order valence-electron chi connectivity index (χ0n) is 13.3. The predicted molar refractivity (Wildman–Crippen MR) is 92.3 cm³/mol. The fourth-order valence-electron chi connectivity index (χ4n) is 3.60. The summed E-state index contributed by atoms with van der Waals surface area (Å²) in [5.41, 5.74) is 0. The first-order valence-corrected chi connectivity index (χ1v) is 9.34. The van der Waals surface area contributed by atoms with E-state index in [2.05, 4.69) is 12.1 Å². The van der Waals surface area contributed by atoms with Crippen LogP contribution >= 0.6 is 11.3 Å². The molecule has 3 heterocycles. The van der Waals surface area contributed by atoms with E-state index in [0.29, 0.717) is 6.10 Å². The lowest BCUT2D eigenvalue weighted by molar-refractivity contribution is -0.906. The molecule has 1 N–H and O–H groups in total. The van der Waals surface area contributed by atoms with E-state index in [1.54, 1.807) is 16.2 Å². The van der Waals surface area contributed by atoms with Gasteiger partial charge < -0.3 is 14.5 Å². The van der Waals surface area contributed by atoms with Gasteiger partial charge in [0.05, 0.1) is 31.1 Å². The number of piperazine rings is 1. The van der Waals surface area contributed by atoms with Crippen LogP contribution in [0.5, 0.6) is 0 Å². The third kappa shape index (κ3) is 3.27. The van der Waals surface area contributed by atoms with Crippen LogP contribution in [0, 0.1) is 0 Å². The number of rotatable bonds is 3. The number of carbonyl (C=O) groups is 1. The average molecular weight is 331 g/mol. The summed E-state index contributed by atoms with van der Waals surface area (Å²) in [5, 5.41) is 1.17. The second-order valence-electron chi connectivity index (χ2n) is 6.53. The van der Waals surface area contributed by atoms with Crippen molar-refractivity contribution in [1.29, 1.82) is 0 Å². The van der Waals surface area contributed by atoms with Crippen LogP contribution in [0.4, 0.5) is 0 Å². The van der Waals surface area contributed by atoms with E-state index in [4.69, 9.17) is 4.74 Å². The quantitative estimate of drug-likeness (QED) is 0.923. The van der Waals surface area contributed by atoms with Crippen molar-refractivity contribution in [2.45, 2.75) is 18.9 Å². The largest absolute Gasteiger partial charge is 0.372 e. The summed E-state index contributed by atoms with van der Waals surface area (Å²) < 4.78 is 6.93. The first-order chi connectivity index (χ1) is 11.3. The fraction of sp³-hybridized carbons (Fsp3) is 0.500. The maximum atomic E-state index is 12.7. The Balaban J connectivity index is 1.36. The highest BCUT2D eigenvalue weighted by Crippen LogP contribution is 2.26. The molecule has 0 saturated carbocycles. The smallest absolute Gasteiger partial charge is 0.264 e. The second-order valence-corrected chi connectivity index (χ2v) is 7.61. The van der Waals surface area contributed by atoms with Gasteiger partial charge in [0.25, 0.3) is 5.91 Å². The zero-order valence-corrected chi connectivity index (χ0v) is 14.1. The number of fused-ring (bicyclic) bond motifs is 1. The highest BCUT2D eigenvalue weighted by atomic mass is 32.1. The Morgan fingerprint density at radius 2 is 2.13 bits per heavy atom. The minimum Gasteiger partial charge on any atom is -0.372 e. The summed E-state index contributed by atoms with van der Waals surface area (Å²) in [4.78, 5) is 17.2. The van der Waals surface area contributed by atoms with Crippen LogP contribution in [0.3, 0.4) is 0 Å². The molecular formula is C18H23N2O2S+. The molecule has 2 fully saturated rings. The summed E-state index contributed by atoms with van der Waals surface area (Å²) in [6.45, 7) is 5.82. The van der Waals surface area contributed by atoms with Crippen LogP contribution in [0.25, 0.3) is 10.1 Å². The molecule has 2 aliphatic heterocycles. The first-order valence-electron chi connectivity index (χ1n) is 8.52. The van der Waals surface area contributed by atoms with E-state index in [9.17, 15) is 4.79 Å². The van der Waals surface area contributed by atoms with Crippen molar-refractivity contribution in [2.75, 3.05) is 39.3 Å². The molecular weight excluding hydrogens is 308 g/mol. The molecule has 0 unspecified atom stereocenters. The highest BCUT2D eigenvalue weighted by molar-refractivity contribution is 7.20. The number of carbonyl (C=O) groups excluding carboxylic acids is 1. The Kier molecular flexibility index (Phi) is 4.33. The third-order valence-corrected chi connectivity index (χ3v) is 6.04. The molecule has 0 bridgehead atoms. The highest BCUT2D eigenvalue weighted by Gasteiger charge is 2.28. The van der Waals surface area contributed by atoms with Crippen molar-refractivity contribution < 1.29 is 14.4 Å². The van der Waals surface area contributed by atoms with Gasteiger partial charge >= 0.3 is 0 Å². The molecule has 4 nitrogen and oxygen atoms in total. The molecule has 0 radical (unpaired) electrons. The zero-order chi connectivity index (χ0) is 15.6. The van der Waals surface area contributed by atoms with Crippen molar-refractivity contribution >= 4 is 27.3 Å². The van der Waals surface area contributed by atoms with Crippen LogP contribution < -0.4 is 4.90 Å². The topological polar surface area (TPSA) is 34.0 Å². The minimum atomic E-state index is 0.197. The molecule has 2 saturated heterocycles. The molecule has 1 aromatic heterocycles. The Morgan fingerprint density at radius 1 is 1.30 bits per heavy atom. The van der Waals surface area contributed by atoms with Crippen LogP contribution in [0.15, 0.2) is 30.3 Å². The summed E-state index contributed by atoms with van der Waals surface area (Å²) in [6, 6.07) is 10.2. The van der Waals surface area contributed by atoms with Crippen molar-refractivity contribution in [2.24, 2.45) is 0 Å². The van der Waals surface area contributed by atoms with Gasteiger partial charge in [-0.2, -0.15) is 0 Å². The molecule has 2 aromatic rings. The number of ether oxygens (including phenoxy) is 1. The monoisotopic (exact) mass is 331 g/mol. The second kappa shape index (κ2) is 6.59. The third-order valence-electron chi connectivity index (χ3n) is 4.93. The molecule has 23 heavy (non-hydrogen) atoms. The average Bonchev–Trinajstić information content (AvgIpc) is 3.24. The van der Waals surface area contributed by atoms with Gasteiger partial charge in [-0.15, -0.1) is 11.3 Å². The number of quaternary nitrogens is 1. The van der Waals surface area contributed by atoms with Gasteiger partial charge in [-0.1, -0.05) is 18.2 Å².